The van der Waals surface area contributed by atoms with E-state index in [1.807, 2.05) is 13.8 Å². The molecule has 0 saturated heterocycles. The lowest BCUT2D eigenvalue weighted by Gasteiger charge is -2.29. The molecule has 0 saturated carbocycles. The van der Waals surface area contributed by atoms with Gasteiger partial charge in [-0.1, -0.05) is 32.0 Å². The normalized spacial score (nSPS) is 14.8. The Balaban J connectivity index is 1.78. The standard InChI is InChI=1S/C18H22FN3O3S/c1-13(2)11-22-8-7-21-12-15(9-17(21)18(22)23)26(24,25)20-10-14-5-3-4-6-16(14)19/h3-6,9,12-13,20H,7-8,10-11H2,1-2H3. The predicted molar refractivity (Wildman–Crippen MR) is 95.6 cm³/mol. The van der Waals surface area contributed by atoms with Crippen LogP contribution in [0.5, 0.6) is 0 Å². The number of amides is 1. The van der Waals surface area contributed by atoms with Gasteiger partial charge in [0.15, 0.2) is 0 Å². The first kappa shape index (κ1) is 18.6. The molecular formula is C18H22FN3O3S. The van der Waals surface area contributed by atoms with Gasteiger partial charge >= 0.3 is 0 Å². The van der Waals surface area contributed by atoms with Crippen molar-refractivity contribution in [3.8, 4) is 0 Å². The number of benzene rings is 1. The fraction of sp³-hybridized carbons (Fsp3) is 0.389. The summed E-state index contributed by atoms with van der Waals surface area (Å²) < 4.78 is 42.8. The Morgan fingerprint density at radius 3 is 2.65 bits per heavy atom. The largest absolute Gasteiger partial charge is 0.340 e. The Kier molecular flexibility index (Phi) is 5.15. The van der Waals surface area contributed by atoms with Crippen molar-refractivity contribution >= 4 is 15.9 Å². The fourth-order valence-electron chi connectivity index (χ4n) is 3.00. The minimum absolute atomic E-state index is 0.0172. The highest BCUT2D eigenvalue weighted by atomic mass is 32.2. The summed E-state index contributed by atoms with van der Waals surface area (Å²) in [5.74, 6) is -0.294. The average molecular weight is 379 g/mol. The molecule has 0 radical (unpaired) electrons. The summed E-state index contributed by atoms with van der Waals surface area (Å²) in [7, 11) is -3.84. The van der Waals surface area contributed by atoms with Crippen LogP contribution in [0.2, 0.25) is 0 Å². The second-order valence-electron chi connectivity index (χ2n) is 6.82. The van der Waals surface area contributed by atoms with Gasteiger partial charge in [0, 0.05) is 37.9 Å². The minimum Gasteiger partial charge on any atom is -0.340 e. The number of halogens is 1. The van der Waals surface area contributed by atoms with Crippen molar-refractivity contribution in [2.45, 2.75) is 31.8 Å². The molecule has 0 aliphatic carbocycles. The summed E-state index contributed by atoms with van der Waals surface area (Å²) in [5.41, 5.74) is 0.627. The Morgan fingerprint density at radius 2 is 1.96 bits per heavy atom. The maximum Gasteiger partial charge on any atom is 0.270 e. The van der Waals surface area contributed by atoms with Gasteiger partial charge in [-0.2, -0.15) is 0 Å². The smallest absolute Gasteiger partial charge is 0.270 e. The van der Waals surface area contributed by atoms with Crippen molar-refractivity contribution in [2.75, 3.05) is 13.1 Å². The van der Waals surface area contributed by atoms with Gasteiger partial charge in [0.05, 0.1) is 0 Å². The second-order valence-corrected chi connectivity index (χ2v) is 8.58. The molecule has 1 aromatic heterocycles. The van der Waals surface area contributed by atoms with E-state index in [0.29, 0.717) is 31.2 Å². The molecular weight excluding hydrogens is 357 g/mol. The Labute approximate surface area is 152 Å². The number of nitrogens with zero attached hydrogens (tertiary/aromatic N) is 2. The van der Waals surface area contributed by atoms with Crippen LogP contribution in [0.25, 0.3) is 0 Å². The third kappa shape index (κ3) is 3.81. The molecule has 1 aliphatic heterocycles. The summed E-state index contributed by atoms with van der Waals surface area (Å²) >= 11 is 0. The first-order valence-electron chi connectivity index (χ1n) is 8.50. The van der Waals surface area contributed by atoms with Crippen molar-refractivity contribution in [2.24, 2.45) is 5.92 Å². The molecule has 0 fully saturated rings. The molecule has 0 unspecified atom stereocenters. The summed E-state index contributed by atoms with van der Waals surface area (Å²) in [6, 6.07) is 7.38. The third-order valence-electron chi connectivity index (χ3n) is 4.29. The van der Waals surface area contributed by atoms with Crippen LogP contribution in [0.3, 0.4) is 0 Å². The molecule has 26 heavy (non-hydrogen) atoms. The first-order valence-corrected chi connectivity index (χ1v) is 9.99. The first-order chi connectivity index (χ1) is 12.3. The number of fused-ring (bicyclic) bond motifs is 1. The van der Waals surface area contributed by atoms with Crippen LogP contribution in [0.1, 0.15) is 29.9 Å². The number of carbonyl (C=O) groups is 1. The van der Waals surface area contributed by atoms with Crippen LogP contribution < -0.4 is 4.72 Å². The molecule has 2 heterocycles. The SMILES string of the molecule is CC(C)CN1CCn2cc(S(=O)(=O)NCc3ccccc3F)cc2C1=O. The lowest BCUT2D eigenvalue weighted by atomic mass is 10.2. The topological polar surface area (TPSA) is 71.4 Å². The summed E-state index contributed by atoms with van der Waals surface area (Å²) in [6.45, 7) is 5.66. The average Bonchev–Trinajstić information content (AvgIpc) is 3.02. The lowest BCUT2D eigenvalue weighted by molar-refractivity contribution is 0.0683. The highest BCUT2D eigenvalue weighted by Gasteiger charge is 2.28. The van der Waals surface area contributed by atoms with E-state index < -0.39 is 15.8 Å². The number of hydrogen-bond acceptors (Lipinski definition) is 3. The predicted octanol–water partition coefficient (Wildman–Crippen LogP) is 2.22. The summed E-state index contributed by atoms with van der Waals surface area (Å²) in [4.78, 5) is 14.3. The van der Waals surface area contributed by atoms with Crippen LogP contribution in [0.4, 0.5) is 4.39 Å². The molecule has 1 amide bonds. The van der Waals surface area contributed by atoms with Gasteiger partial charge in [0.2, 0.25) is 10.0 Å². The van der Waals surface area contributed by atoms with Gasteiger partial charge in [-0.05, 0) is 18.1 Å². The molecule has 1 aliphatic rings. The highest BCUT2D eigenvalue weighted by Crippen LogP contribution is 2.21. The molecule has 8 heteroatoms. The molecule has 1 N–H and O–H groups in total. The van der Waals surface area contributed by atoms with E-state index in [0.717, 1.165) is 0 Å². The number of aromatic nitrogens is 1. The van der Waals surface area contributed by atoms with E-state index in [1.165, 1.54) is 24.4 Å². The van der Waals surface area contributed by atoms with Gasteiger partial charge in [-0.25, -0.2) is 17.5 Å². The van der Waals surface area contributed by atoms with Crippen molar-refractivity contribution in [1.29, 1.82) is 0 Å². The Bertz CT molecular complexity index is 922. The van der Waals surface area contributed by atoms with Gasteiger partial charge in [0.25, 0.3) is 5.91 Å². The van der Waals surface area contributed by atoms with E-state index in [1.54, 1.807) is 21.6 Å². The van der Waals surface area contributed by atoms with E-state index in [-0.39, 0.29) is 22.9 Å². The maximum atomic E-state index is 13.7. The lowest BCUT2D eigenvalue weighted by Crippen LogP contribution is -2.41. The second kappa shape index (κ2) is 7.20. The quantitative estimate of drug-likeness (QED) is 0.837. The zero-order chi connectivity index (χ0) is 18.9. The van der Waals surface area contributed by atoms with Gasteiger partial charge in [-0.15, -0.1) is 0 Å². The summed E-state index contributed by atoms with van der Waals surface area (Å²) in [5, 5.41) is 0. The van der Waals surface area contributed by atoms with E-state index >= 15 is 0 Å². The van der Waals surface area contributed by atoms with Gasteiger partial charge in [0.1, 0.15) is 16.4 Å². The maximum absolute atomic E-state index is 13.7. The molecule has 6 nitrogen and oxygen atoms in total. The Morgan fingerprint density at radius 1 is 1.23 bits per heavy atom. The van der Waals surface area contributed by atoms with Crippen LogP contribution in [0.15, 0.2) is 41.4 Å². The van der Waals surface area contributed by atoms with Crippen LogP contribution in [-0.4, -0.2) is 36.9 Å². The number of sulfonamides is 1. The van der Waals surface area contributed by atoms with E-state index in [2.05, 4.69) is 4.72 Å². The molecule has 2 aromatic rings. The van der Waals surface area contributed by atoms with Crippen molar-refractivity contribution in [3.63, 3.8) is 0 Å². The molecule has 1 aromatic carbocycles. The monoisotopic (exact) mass is 379 g/mol. The van der Waals surface area contributed by atoms with Gasteiger partial charge < -0.3 is 9.47 Å². The highest BCUT2D eigenvalue weighted by molar-refractivity contribution is 7.89. The Hall–Kier alpha value is -2.19. The van der Waals surface area contributed by atoms with E-state index in [9.17, 15) is 17.6 Å². The zero-order valence-corrected chi connectivity index (χ0v) is 15.6. The van der Waals surface area contributed by atoms with E-state index in [4.69, 9.17) is 0 Å². The third-order valence-corrected chi connectivity index (χ3v) is 5.66. The molecule has 0 spiro atoms. The minimum atomic E-state index is -3.84. The van der Waals surface area contributed by atoms with Crippen molar-refractivity contribution in [1.82, 2.24) is 14.2 Å². The molecule has 3 rings (SSSR count). The number of nitrogens with one attached hydrogen (secondary N) is 1. The number of hydrogen-bond donors (Lipinski definition) is 1. The van der Waals surface area contributed by atoms with Crippen LogP contribution in [0, 0.1) is 11.7 Å². The van der Waals surface area contributed by atoms with Gasteiger partial charge in [-0.3, -0.25) is 4.79 Å². The van der Waals surface area contributed by atoms with Crippen molar-refractivity contribution < 1.29 is 17.6 Å². The fourth-order valence-corrected chi connectivity index (χ4v) is 4.04. The van der Waals surface area contributed by atoms with Crippen LogP contribution in [-0.2, 0) is 23.1 Å². The van der Waals surface area contributed by atoms with Crippen molar-refractivity contribution in [3.05, 3.63) is 53.6 Å². The number of rotatable bonds is 6. The van der Waals surface area contributed by atoms with Crippen LogP contribution >= 0.6 is 0 Å². The molecule has 0 atom stereocenters. The molecule has 140 valence electrons. The molecule has 0 bridgehead atoms. The number of carbonyl (C=O) groups excluding carboxylic acids is 1. The zero-order valence-electron chi connectivity index (χ0n) is 14.8. The summed E-state index contributed by atoms with van der Waals surface area (Å²) in [6.07, 6.45) is 1.46.